The summed E-state index contributed by atoms with van der Waals surface area (Å²) >= 11 is 0. The van der Waals surface area contributed by atoms with E-state index in [1.165, 1.54) is 16.3 Å². The maximum atomic E-state index is 4.00. The molecule has 0 bridgehead atoms. The van der Waals surface area contributed by atoms with Gasteiger partial charge < -0.3 is 4.57 Å². The average molecular weight is 234 g/mol. The van der Waals surface area contributed by atoms with E-state index in [1.807, 2.05) is 17.0 Å². The Labute approximate surface area is 106 Å². The minimum Gasteiger partial charge on any atom is -0.313 e. The Morgan fingerprint density at radius 1 is 1.06 bits per heavy atom. The third-order valence-corrected chi connectivity index (χ3v) is 2.97. The lowest BCUT2D eigenvalue weighted by atomic mass is 10.1. The van der Waals surface area contributed by atoms with Gasteiger partial charge in [0.25, 0.3) is 0 Å². The summed E-state index contributed by atoms with van der Waals surface area (Å²) in [4.78, 5) is 4.00. The Balaban J connectivity index is 1.78. The van der Waals surface area contributed by atoms with E-state index in [9.17, 15) is 0 Å². The molecule has 0 spiro atoms. The Morgan fingerprint density at radius 3 is 2.78 bits per heavy atom. The first kappa shape index (κ1) is 10.8. The van der Waals surface area contributed by atoms with E-state index in [2.05, 4.69) is 53.5 Å². The molecule has 0 aliphatic heterocycles. The zero-order valence-corrected chi connectivity index (χ0v) is 10.0. The molecule has 0 atom stereocenters. The highest BCUT2D eigenvalue weighted by atomic mass is 15.0. The van der Waals surface area contributed by atoms with Crippen LogP contribution in [0.15, 0.2) is 67.3 Å². The fraction of sp³-hybridized carbons (Fsp3) is 0.0625. The number of benzene rings is 2. The largest absolute Gasteiger partial charge is 0.313 e. The summed E-state index contributed by atoms with van der Waals surface area (Å²) in [5, 5.41) is 2.59. The first-order chi connectivity index (χ1) is 8.92. The number of aromatic nitrogens is 2. The first-order valence-electron chi connectivity index (χ1n) is 6.03. The smallest absolute Gasteiger partial charge is 0.0986 e. The number of fused-ring (bicyclic) bond motifs is 1. The molecule has 0 N–H and O–H groups in total. The number of imidazole rings is 1. The lowest BCUT2D eigenvalue weighted by molar-refractivity contribution is 1.12. The molecule has 0 aliphatic rings. The van der Waals surface area contributed by atoms with Gasteiger partial charge in [-0.2, -0.15) is 0 Å². The van der Waals surface area contributed by atoms with Gasteiger partial charge in [-0.05, 0) is 22.8 Å². The standard InChI is InChI=1S/C16H14N2/c1-2-6-16-12-14(7-8-15(16)5-1)4-3-10-18-11-9-17-13-18/h1-3,5-13H,4H2/b10-3+. The van der Waals surface area contributed by atoms with Gasteiger partial charge in [0.1, 0.15) is 0 Å². The van der Waals surface area contributed by atoms with Crippen LogP contribution >= 0.6 is 0 Å². The molecule has 0 radical (unpaired) electrons. The van der Waals surface area contributed by atoms with Crippen molar-refractivity contribution in [2.45, 2.75) is 6.42 Å². The molecule has 1 heterocycles. The molecule has 88 valence electrons. The summed E-state index contributed by atoms with van der Waals surface area (Å²) in [5.41, 5.74) is 1.32. The first-order valence-corrected chi connectivity index (χ1v) is 6.03. The van der Waals surface area contributed by atoms with Gasteiger partial charge in [0.2, 0.25) is 0 Å². The molecule has 0 aliphatic carbocycles. The van der Waals surface area contributed by atoms with Crippen molar-refractivity contribution < 1.29 is 0 Å². The zero-order chi connectivity index (χ0) is 12.2. The molecule has 18 heavy (non-hydrogen) atoms. The lowest BCUT2D eigenvalue weighted by Gasteiger charge is -2.01. The van der Waals surface area contributed by atoms with Crippen LogP contribution in [0.25, 0.3) is 17.0 Å². The van der Waals surface area contributed by atoms with E-state index in [0.29, 0.717) is 0 Å². The highest BCUT2D eigenvalue weighted by molar-refractivity contribution is 5.83. The second kappa shape index (κ2) is 4.88. The van der Waals surface area contributed by atoms with Crippen LogP contribution < -0.4 is 0 Å². The van der Waals surface area contributed by atoms with Crippen LogP contribution in [0.1, 0.15) is 5.56 Å². The summed E-state index contributed by atoms with van der Waals surface area (Å²) in [6, 6.07) is 15.0. The molecule has 3 rings (SSSR count). The molecular formula is C16H14N2. The molecule has 2 heteroatoms. The van der Waals surface area contributed by atoms with Gasteiger partial charge in [0, 0.05) is 18.6 Å². The molecule has 1 aromatic heterocycles. The van der Waals surface area contributed by atoms with Crippen LogP contribution in [0.5, 0.6) is 0 Å². The van der Waals surface area contributed by atoms with Gasteiger partial charge in [0.05, 0.1) is 6.33 Å². The van der Waals surface area contributed by atoms with Gasteiger partial charge in [-0.25, -0.2) is 4.98 Å². The van der Waals surface area contributed by atoms with Crippen LogP contribution in [0.4, 0.5) is 0 Å². The fourth-order valence-corrected chi connectivity index (χ4v) is 2.03. The molecule has 0 saturated heterocycles. The van der Waals surface area contributed by atoms with E-state index >= 15 is 0 Å². The monoisotopic (exact) mass is 234 g/mol. The zero-order valence-electron chi connectivity index (χ0n) is 10.0. The fourth-order valence-electron chi connectivity index (χ4n) is 2.03. The van der Waals surface area contributed by atoms with Crippen molar-refractivity contribution in [3.8, 4) is 0 Å². The van der Waals surface area contributed by atoms with Crippen molar-refractivity contribution in [3.63, 3.8) is 0 Å². The SMILES string of the molecule is C(=C\n1ccnc1)/Cc1ccc2ccccc2c1. The summed E-state index contributed by atoms with van der Waals surface area (Å²) in [6.45, 7) is 0. The highest BCUT2D eigenvalue weighted by Crippen LogP contribution is 2.16. The van der Waals surface area contributed by atoms with Crippen molar-refractivity contribution in [2.24, 2.45) is 0 Å². The number of nitrogens with zero attached hydrogens (tertiary/aromatic N) is 2. The third-order valence-electron chi connectivity index (χ3n) is 2.97. The van der Waals surface area contributed by atoms with Crippen LogP contribution in [0, 0.1) is 0 Å². The van der Waals surface area contributed by atoms with Crippen molar-refractivity contribution in [2.75, 3.05) is 0 Å². The minimum atomic E-state index is 0.934. The van der Waals surface area contributed by atoms with E-state index < -0.39 is 0 Å². The summed E-state index contributed by atoms with van der Waals surface area (Å²) < 4.78 is 1.95. The predicted molar refractivity (Wildman–Crippen MR) is 75.2 cm³/mol. The van der Waals surface area contributed by atoms with Crippen LogP contribution in [0.2, 0.25) is 0 Å². The number of allylic oxidation sites excluding steroid dienone is 1. The Hall–Kier alpha value is -2.35. The van der Waals surface area contributed by atoms with Gasteiger partial charge in [-0.3, -0.25) is 0 Å². The van der Waals surface area contributed by atoms with Crippen molar-refractivity contribution in [3.05, 3.63) is 72.8 Å². The molecule has 2 nitrogen and oxygen atoms in total. The molecule has 0 fully saturated rings. The predicted octanol–water partition coefficient (Wildman–Crippen LogP) is 3.75. The van der Waals surface area contributed by atoms with Crippen LogP contribution in [-0.2, 0) is 6.42 Å². The average Bonchev–Trinajstić information content (AvgIpc) is 2.92. The third kappa shape index (κ3) is 2.33. The normalized spacial score (nSPS) is 11.3. The second-order valence-corrected chi connectivity index (χ2v) is 4.28. The highest BCUT2D eigenvalue weighted by Gasteiger charge is 1.94. The topological polar surface area (TPSA) is 17.8 Å². The van der Waals surface area contributed by atoms with Crippen molar-refractivity contribution >= 4 is 17.0 Å². The molecule has 0 saturated carbocycles. The Kier molecular flexibility index (Phi) is 2.92. The Morgan fingerprint density at radius 2 is 1.94 bits per heavy atom. The van der Waals surface area contributed by atoms with Gasteiger partial charge in [0.15, 0.2) is 0 Å². The van der Waals surface area contributed by atoms with Gasteiger partial charge in [-0.1, -0.05) is 48.5 Å². The van der Waals surface area contributed by atoms with Crippen molar-refractivity contribution in [1.29, 1.82) is 0 Å². The van der Waals surface area contributed by atoms with Crippen molar-refractivity contribution in [1.82, 2.24) is 9.55 Å². The molecule has 3 aromatic rings. The maximum Gasteiger partial charge on any atom is 0.0986 e. The summed E-state index contributed by atoms with van der Waals surface area (Å²) in [7, 11) is 0. The van der Waals surface area contributed by atoms with Gasteiger partial charge in [-0.15, -0.1) is 0 Å². The van der Waals surface area contributed by atoms with E-state index in [-0.39, 0.29) is 0 Å². The van der Waals surface area contributed by atoms with E-state index in [1.54, 1.807) is 12.5 Å². The minimum absolute atomic E-state index is 0.934. The molecule has 2 aromatic carbocycles. The van der Waals surface area contributed by atoms with E-state index in [0.717, 1.165) is 6.42 Å². The molecule has 0 unspecified atom stereocenters. The number of hydrogen-bond acceptors (Lipinski definition) is 1. The van der Waals surface area contributed by atoms with Crippen LogP contribution in [0.3, 0.4) is 0 Å². The number of rotatable bonds is 3. The Bertz CT molecular complexity index is 666. The van der Waals surface area contributed by atoms with Crippen LogP contribution in [-0.4, -0.2) is 9.55 Å². The molecular weight excluding hydrogens is 220 g/mol. The maximum absolute atomic E-state index is 4.00. The number of hydrogen-bond donors (Lipinski definition) is 0. The summed E-state index contributed by atoms with van der Waals surface area (Å²) in [5.74, 6) is 0. The lowest BCUT2D eigenvalue weighted by Crippen LogP contribution is -1.83. The quantitative estimate of drug-likeness (QED) is 0.675. The van der Waals surface area contributed by atoms with E-state index in [4.69, 9.17) is 0 Å². The molecule has 0 amide bonds. The second-order valence-electron chi connectivity index (χ2n) is 4.28. The summed E-state index contributed by atoms with van der Waals surface area (Å²) in [6.07, 6.45) is 10.6. The van der Waals surface area contributed by atoms with Gasteiger partial charge >= 0.3 is 0 Å².